The van der Waals surface area contributed by atoms with Crippen LogP contribution in [0.1, 0.15) is 12.8 Å². The molecule has 1 spiro atoms. The molecule has 1 saturated carbocycles. The predicted octanol–water partition coefficient (Wildman–Crippen LogP) is 2.33. The molecule has 2 aliphatic rings. The van der Waals surface area contributed by atoms with Crippen LogP contribution in [0, 0.1) is 0 Å². The lowest BCUT2D eigenvalue weighted by atomic mass is 10.4. The Hall–Kier alpha value is -0.570. The minimum absolute atomic E-state index is 0.539. The van der Waals surface area contributed by atoms with Crippen molar-refractivity contribution in [3.8, 4) is 0 Å². The van der Waals surface area contributed by atoms with Crippen LogP contribution in [0.3, 0.4) is 0 Å². The van der Waals surface area contributed by atoms with Crippen LogP contribution in [0.4, 0.5) is 5.69 Å². The molecular weight excluding hydrogens is 158 g/mol. The number of furan rings is 1. The van der Waals surface area contributed by atoms with Gasteiger partial charge in [0.15, 0.2) is 0 Å². The van der Waals surface area contributed by atoms with Crippen molar-refractivity contribution in [2.45, 2.75) is 22.5 Å². The van der Waals surface area contributed by atoms with E-state index in [1.54, 1.807) is 6.26 Å². The first kappa shape index (κ1) is 6.00. The fourth-order valence-corrected chi connectivity index (χ4v) is 2.69. The first-order valence-electron chi connectivity index (χ1n) is 3.87. The summed E-state index contributed by atoms with van der Waals surface area (Å²) in [5.74, 6) is 0. The average Bonchev–Trinajstić information content (AvgIpc) is 2.63. The molecule has 1 aliphatic heterocycles. The summed E-state index contributed by atoms with van der Waals surface area (Å²) in [6.07, 6.45) is 6.34. The summed E-state index contributed by atoms with van der Waals surface area (Å²) in [6, 6.07) is 0. The molecule has 0 saturated heterocycles. The summed E-state index contributed by atoms with van der Waals surface area (Å²) in [5, 5.41) is 3.38. The monoisotopic (exact) mass is 167 g/mol. The van der Waals surface area contributed by atoms with Crippen molar-refractivity contribution >= 4 is 17.4 Å². The predicted molar refractivity (Wildman–Crippen MR) is 45.0 cm³/mol. The van der Waals surface area contributed by atoms with Gasteiger partial charge in [0.25, 0.3) is 0 Å². The Kier molecular flexibility index (Phi) is 0.969. The molecule has 1 N–H and O–H groups in total. The van der Waals surface area contributed by atoms with Crippen LogP contribution in [-0.2, 0) is 0 Å². The Bertz CT molecular complexity index is 290. The van der Waals surface area contributed by atoms with E-state index in [2.05, 4.69) is 5.32 Å². The molecule has 1 aromatic heterocycles. The molecule has 1 aromatic rings. The summed E-state index contributed by atoms with van der Waals surface area (Å²) in [4.78, 5) is 1.29. The molecule has 0 atom stereocenters. The summed E-state index contributed by atoms with van der Waals surface area (Å²) in [6.45, 7) is 1.12. The zero-order valence-electron chi connectivity index (χ0n) is 6.09. The van der Waals surface area contributed by atoms with E-state index in [1.165, 1.54) is 23.4 Å². The number of hydrogen-bond acceptors (Lipinski definition) is 3. The van der Waals surface area contributed by atoms with E-state index in [1.807, 2.05) is 18.0 Å². The summed E-state index contributed by atoms with van der Waals surface area (Å²) in [7, 11) is 0. The van der Waals surface area contributed by atoms with Crippen molar-refractivity contribution in [1.82, 2.24) is 0 Å². The van der Waals surface area contributed by atoms with Gasteiger partial charge < -0.3 is 9.73 Å². The lowest BCUT2D eigenvalue weighted by Crippen LogP contribution is -2.21. The van der Waals surface area contributed by atoms with Gasteiger partial charge in [-0.25, -0.2) is 0 Å². The fourth-order valence-electron chi connectivity index (χ4n) is 1.44. The van der Waals surface area contributed by atoms with E-state index in [0.29, 0.717) is 4.75 Å². The highest BCUT2D eigenvalue weighted by Gasteiger charge is 2.46. The molecule has 1 fully saturated rings. The second-order valence-corrected chi connectivity index (χ2v) is 4.80. The Balaban J connectivity index is 2.00. The molecule has 58 valence electrons. The van der Waals surface area contributed by atoms with E-state index in [9.17, 15) is 0 Å². The number of nitrogens with one attached hydrogen (secondary N) is 1. The van der Waals surface area contributed by atoms with Gasteiger partial charge in [-0.1, -0.05) is 0 Å². The Labute approximate surface area is 69.3 Å². The molecule has 0 bridgehead atoms. The summed E-state index contributed by atoms with van der Waals surface area (Å²) in [5.41, 5.74) is 1.17. The van der Waals surface area contributed by atoms with Crippen molar-refractivity contribution < 1.29 is 4.42 Å². The Morgan fingerprint density at radius 3 is 3.18 bits per heavy atom. The smallest absolute Gasteiger partial charge is 0.115 e. The molecule has 0 radical (unpaired) electrons. The topological polar surface area (TPSA) is 25.2 Å². The Morgan fingerprint density at radius 2 is 2.36 bits per heavy atom. The van der Waals surface area contributed by atoms with Crippen LogP contribution in [-0.4, -0.2) is 11.3 Å². The zero-order chi connectivity index (χ0) is 7.31. The number of rotatable bonds is 0. The Morgan fingerprint density at radius 1 is 1.45 bits per heavy atom. The molecule has 2 heterocycles. The highest BCUT2D eigenvalue weighted by atomic mass is 32.2. The van der Waals surface area contributed by atoms with Gasteiger partial charge in [0, 0.05) is 11.3 Å². The van der Waals surface area contributed by atoms with Gasteiger partial charge in [-0.2, -0.15) is 0 Å². The number of fused-ring (bicyclic) bond motifs is 1. The molecule has 0 aromatic carbocycles. The van der Waals surface area contributed by atoms with Gasteiger partial charge in [-0.3, -0.25) is 0 Å². The van der Waals surface area contributed by atoms with Gasteiger partial charge in [0.2, 0.25) is 0 Å². The van der Waals surface area contributed by atoms with Crippen molar-refractivity contribution in [3.63, 3.8) is 0 Å². The van der Waals surface area contributed by atoms with Crippen molar-refractivity contribution in [2.75, 3.05) is 11.9 Å². The highest BCUT2D eigenvalue weighted by Crippen LogP contribution is 2.55. The fraction of sp³-hybridized carbons (Fsp3) is 0.500. The minimum atomic E-state index is 0.539. The third kappa shape index (κ3) is 0.805. The minimum Gasteiger partial charge on any atom is -0.469 e. The van der Waals surface area contributed by atoms with Gasteiger partial charge in [-0.05, 0) is 12.8 Å². The van der Waals surface area contributed by atoms with Crippen LogP contribution < -0.4 is 5.32 Å². The quantitative estimate of drug-likeness (QED) is 0.642. The average molecular weight is 167 g/mol. The van der Waals surface area contributed by atoms with Crippen molar-refractivity contribution in [2.24, 2.45) is 0 Å². The SMILES string of the molecule is c1occ2c1NCC1(CC1)S2. The lowest BCUT2D eigenvalue weighted by Gasteiger charge is -2.21. The third-order valence-electron chi connectivity index (χ3n) is 2.36. The first-order valence-corrected chi connectivity index (χ1v) is 4.69. The van der Waals surface area contributed by atoms with E-state index < -0.39 is 0 Å². The van der Waals surface area contributed by atoms with Crippen LogP contribution in [0.2, 0.25) is 0 Å². The molecule has 0 unspecified atom stereocenters. The maximum Gasteiger partial charge on any atom is 0.115 e. The maximum atomic E-state index is 5.11. The normalized spacial score (nSPS) is 24.4. The van der Waals surface area contributed by atoms with Crippen LogP contribution in [0.15, 0.2) is 21.8 Å². The molecule has 3 rings (SSSR count). The molecule has 3 heteroatoms. The highest BCUT2D eigenvalue weighted by molar-refractivity contribution is 8.01. The van der Waals surface area contributed by atoms with Gasteiger partial charge >= 0.3 is 0 Å². The van der Waals surface area contributed by atoms with E-state index in [-0.39, 0.29) is 0 Å². The van der Waals surface area contributed by atoms with Crippen molar-refractivity contribution in [3.05, 3.63) is 12.5 Å². The van der Waals surface area contributed by atoms with Crippen LogP contribution in [0.25, 0.3) is 0 Å². The summed E-state index contributed by atoms with van der Waals surface area (Å²) >= 11 is 1.98. The standard InChI is InChI=1S/C8H9NOS/c1-2-8(1)5-9-6-3-10-4-7(6)11-8/h3-4,9H,1-2,5H2. The van der Waals surface area contributed by atoms with E-state index >= 15 is 0 Å². The number of hydrogen-bond donors (Lipinski definition) is 1. The number of thioether (sulfide) groups is 1. The molecule has 11 heavy (non-hydrogen) atoms. The van der Waals surface area contributed by atoms with Gasteiger partial charge in [-0.15, -0.1) is 11.8 Å². The molecular formula is C8H9NOS. The maximum absolute atomic E-state index is 5.11. The summed E-state index contributed by atoms with van der Waals surface area (Å²) < 4.78 is 5.64. The molecule has 0 amide bonds. The molecule has 1 aliphatic carbocycles. The van der Waals surface area contributed by atoms with Crippen LogP contribution in [0.5, 0.6) is 0 Å². The number of anilines is 1. The lowest BCUT2D eigenvalue weighted by molar-refractivity contribution is 0.562. The van der Waals surface area contributed by atoms with E-state index in [4.69, 9.17) is 4.42 Å². The van der Waals surface area contributed by atoms with Crippen LogP contribution >= 0.6 is 11.8 Å². The van der Waals surface area contributed by atoms with Crippen molar-refractivity contribution in [1.29, 1.82) is 0 Å². The second-order valence-electron chi connectivity index (χ2n) is 3.29. The van der Waals surface area contributed by atoms with Gasteiger partial charge in [0.1, 0.15) is 12.5 Å². The second kappa shape index (κ2) is 1.78. The third-order valence-corrected chi connectivity index (χ3v) is 3.88. The van der Waals surface area contributed by atoms with E-state index in [0.717, 1.165) is 6.54 Å². The molecule has 2 nitrogen and oxygen atoms in total. The zero-order valence-corrected chi connectivity index (χ0v) is 6.91. The largest absolute Gasteiger partial charge is 0.469 e. The first-order chi connectivity index (χ1) is 5.38. The van der Waals surface area contributed by atoms with Gasteiger partial charge in [0.05, 0.1) is 10.6 Å².